The Morgan fingerprint density at radius 3 is 2.54 bits per heavy atom. The molecule has 2 fully saturated rings. The first-order valence-corrected chi connectivity index (χ1v) is 17.1. The number of nitrogen functional groups attached to an aromatic ring is 1. The lowest BCUT2D eigenvalue weighted by atomic mass is 9.97. The number of carbonyl (C=O) groups is 1. The van der Waals surface area contributed by atoms with Crippen LogP contribution in [0.4, 0.5) is 20.5 Å². The smallest absolute Gasteiger partial charge is 0.323 e. The maximum Gasteiger partial charge on any atom is 0.323 e. The van der Waals surface area contributed by atoms with Gasteiger partial charge in [-0.05, 0) is 51.0 Å². The van der Waals surface area contributed by atoms with Crippen molar-refractivity contribution in [1.82, 2.24) is 24.6 Å². The maximum absolute atomic E-state index is 16.8. The molecule has 4 N–H and O–H groups in total. The number of rotatable bonds is 10. The van der Waals surface area contributed by atoms with Crippen LogP contribution in [0, 0.1) is 0 Å². The van der Waals surface area contributed by atoms with Gasteiger partial charge in [-0.3, -0.25) is 13.9 Å². The average Bonchev–Trinajstić information content (AvgIpc) is 3.21. The third kappa shape index (κ3) is 4.98. The van der Waals surface area contributed by atoms with E-state index in [2.05, 4.69) is 20.0 Å². The van der Waals surface area contributed by atoms with Gasteiger partial charge in [-0.25, -0.2) is 18.9 Å². The normalized spacial score (nSPS) is 29.0. The molecule has 0 amide bonds. The molecule has 7 atom stereocenters. The summed E-state index contributed by atoms with van der Waals surface area (Å²) in [5.41, 5.74) is 0.555. The minimum atomic E-state index is -3.96. The van der Waals surface area contributed by atoms with Crippen molar-refractivity contribution in [3.63, 3.8) is 0 Å². The highest BCUT2D eigenvalue weighted by Gasteiger charge is 2.96. The first kappa shape index (κ1) is 32.4. The van der Waals surface area contributed by atoms with Crippen molar-refractivity contribution in [3.05, 3.63) is 48.8 Å². The second kappa shape index (κ2) is 11.0. The third-order valence-electron chi connectivity index (χ3n) is 8.01. The molecule has 0 spiro atoms. The summed E-state index contributed by atoms with van der Waals surface area (Å²) in [7, 11) is 3.42. The minimum absolute atomic E-state index is 0.0691. The molecule has 2 unspecified atom stereocenters. The number of benzene rings is 2. The molecule has 0 bridgehead atoms. The molecule has 1 saturated heterocycles. The number of hydrogen-bond donors (Lipinski definition) is 3. The summed E-state index contributed by atoms with van der Waals surface area (Å²) >= 11 is 5.79. The van der Waals surface area contributed by atoms with E-state index < -0.39 is 54.2 Å². The zero-order valence-electron chi connectivity index (χ0n) is 25.8. The Kier molecular flexibility index (Phi) is 7.77. The highest BCUT2D eigenvalue weighted by atomic mass is 32.5. The Bertz CT molecular complexity index is 1890. The first-order valence-electron chi connectivity index (χ1n) is 14.4. The summed E-state index contributed by atoms with van der Waals surface area (Å²) in [6.45, 7) is 1.86. The molecular weight excluding hydrogens is 643 g/mol. The van der Waals surface area contributed by atoms with Crippen LogP contribution >= 0.6 is 6.64 Å². The predicted molar refractivity (Wildman–Crippen MR) is 170 cm³/mol. The molecule has 6 rings (SSSR count). The second-order valence-electron chi connectivity index (χ2n) is 12.0. The quantitative estimate of drug-likeness (QED) is 0.164. The van der Waals surface area contributed by atoms with Gasteiger partial charge in [0.2, 0.25) is 5.95 Å². The van der Waals surface area contributed by atoms with E-state index in [1.807, 2.05) is 18.2 Å². The Labute approximate surface area is 268 Å². The van der Waals surface area contributed by atoms with Crippen molar-refractivity contribution in [2.24, 2.45) is 0 Å². The van der Waals surface area contributed by atoms with Gasteiger partial charge in [0.15, 0.2) is 40.6 Å². The largest absolute Gasteiger partial charge is 0.462 e. The predicted octanol–water partition coefficient (Wildman–Crippen LogP) is 3.91. The molecule has 17 heteroatoms. The number of nitrogens with one attached hydrogen (secondary N) is 1. The van der Waals surface area contributed by atoms with Crippen molar-refractivity contribution < 1.29 is 37.2 Å². The third-order valence-corrected chi connectivity index (χ3v) is 10.4. The van der Waals surface area contributed by atoms with Gasteiger partial charge in [-0.15, -0.1) is 0 Å². The number of nitrogens with two attached hydrogens (primary N) is 1. The van der Waals surface area contributed by atoms with Crippen LogP contribution in [0.15, 0.2) is 48.8 Å². The van der Waals surface area contributed by atoms with Gasteiger partial charge in [0.05, 0.1) is 12.4 Å². The molecule has 1 saturated carbocycles. The number of nitrogens with zero attached hydrogens (tertiary/aromatic N) is 5. The SMILES string of the molecule is CC(C)OC(=O)[C@@H](C)NP(=S)(Oc1cccc2ccccc12)OC1[C@]2(O)[C@@](C)(F)[C@H](n3cnc4c(N(C)C)nc(N)nc43)O[C@]12F. The fourth-order valence-corrected chi connectivity index (χ4v) is 8.37. The van der Waals surface area contributed by atoms with Crippen LogP contribution in [-0.4, -0.2) is 80.1 Å². The van der Waals surface area contributed by atoms with Crippen LogP contribution in [0.2, 0.25) is 0 Å². The number of alkyl halides is 2. The standard InChI is InChI=1S/C29H34F2N7O6PS/c1-15(2)41-23(39)16(3)36-45(46,43-19-13-9-11-17-10-7-8-12-18(17)19)44-24-28(40)27(4,30)25(42-29(24,28)31)38-14-33-20-21(37(5)6)34-26(32)35-22(20)38/h7-16,24-25,40H,1-6H3,(H,36,46)(H2,32,34,35)/t16-,24?,25-,27+,28+,29-,45?/m1/s1. The van der Waals surface area contributed by atoms with E-state index >= 15 is 8.78 Å². The summed E-state index contributed by atoms with van der Waals surface area (Å²) in [6, 6.07) is 11.4. The van der Waals surface area contributed by atoms with E-state index in [4.69, 9.17) is 36.1 Å². The zero-order valence-corrected chi connectivity index (χ0v) is 27.6. The lowest BCUT2D eigenvalue weighted by Gasteiger charge is -2.32. The number of aliphatic hydroxyl groups is 1. The van der Waals surface area contributed by atoms with Crippen LogP contribution in [0.25, 0.3) is 21.9 Å². The van der Waals surface area contributed by atoms with Crippen molar-refractivity contribution in [1.29, 1.82) is 0 Å². The Balaban J connectivity index is 1.34. The molecular formula is C29H34F2N7O6PS. The zero-order chi connectivity index (χ0) is 33.4. The summed E-state index contributed by atoms with van der Waals surface area (Å²) in [5, 5.41) is 15.9. The van der Waals surface area contributed by atoms with Gasteiger partial charge in [-0.2, -0.15) is 9.97 Å². The van der Waals surface area contributed by atoms with Crippen LogP contribution in [-0.2, 0) is 30.6 Å². The molecule has 0 radical (unpaired) electrons. The van der Waals surface area contributed by atoms with Gasteiger partial charge in [0.1, 0.15) is 11.8 Å². The highest BCUT2D eigenvalue weighted by molar-refractivity contribution is 8.09. The van der Waals surface area contributed by atoms with Gasteiger partial charge in [0.25, 0.3) is 5.85 Å². The number of hydrogen-bond acceptors (Lipinski definition) is 12. The lowest BCUT2D eigenvalue weighted by molar-refractivity contribution is -0.155. The van der Waals surface area contributed by atoms with E-state index in [0.29, 0.717) is 11.2 Å². The molecule has 2 aromatic heterocycles. The highest BCUT2D eigenvalue weighted by Crippen LogP contribution is 2.73. The molecule has 246 valence electrons. The fourth-order valence-electron chi connectivity index (χ4n) is 5.68. The number of anilines is 2. The van der Waals surface area contributed by atoms with Crippen LogP contribution < -0.4 is 20.2 Å². The van der Waals surface area contributed by atoms with E-state index in [0.717, 1.165) is 16.9 Å². The van der Waals surface area contributed by atoms with E-state index in [1.165, 1.54) is 13.3 Å². The van der Waals surface area contributed by atoms with E-state index in [-0.39, 0.29) is 22.9 Å². The van der Waals surface area contributed by atoms with Crippen molar-refractivity contribution in [2.75, 3.05) is 24.7 Å². The fraction of sp³-hybridized carbons (Fsp3) is 0.448. The monoisotopic (exact) mass is 677 g/mol. The molecule has 2 aliphatic rings. The Morgan fingerprint density at radius 1 is 1.20 bits per heavy atom. The lowest BCUT2D eigenvalue weighted by Crippen LogP contribution is -2.45. The van der Waals surface area contributed by atoms with Crippen LogP contribution in [0.1, 0.15) is 33.9 Å². The second-order valence-corrected chi connectivity index (χ2v) is 15.1. The van der Waals surface area contributed by atoms with Crippen LogP contribution in [0.5, 0.6) is 5.75 Å². The number of carbonyl (C=O) groups excluding carboxylic acids is 1. The van der Waals surface area contributed by atoms with Crippen molar-refractivity contribution in [2.45, 2.75) is 69.3 Å². The average molecular weight is 678 g/mol. The maximum atomic E-state index is 16.8. The molecule has 1 aliphatic heterocycles. The first-order chi connectivity index (χ1) is 21.5. The molecule has 2 aromatic carbocycles. The summed E-state index contributed by atoms with van der Waals surface area (Å²) in [4.78, 5) is 27.0. The number of aromatic nitrogens is 4. The minimum Gasteiger partial charge on any atom is -0.462 e. The van der Waals surface area contributed by atoms with E-state index in [1.54, 1.807) is 57.1 Å². The van der Waals surface area contributed by atoms with Crippen molar-refractivity contribution >= 4 is 58.1 Å². The van der Waals surface area contributed by atoms with Crippen molar-refractivity contribution in [3.8, 4) is 5.75 Å². The molecule has 1 aliphatic carbocycles. The summed E-state index contributed by atoms with van der Waals surface area (Å²) in [6.07, 6.45) is -2.90. The Morgan fingerprint density at radius 2 is 1.89 bits per heavy atom. The Hall–Kier alpha value is -3.53. The molecule has 46 heavy (non-hydrogen) atoms. The topological polar surface area (TPSA) is 159 Å². The molecule has 4 aromatic rings. The van der Waals surface area contributed by atoms with Crippen LogP contribution in [0.3, 0.4) is 0 Å². The van der Waals surface area contributed by atoms with Gasteiger partial charge < -0.3 is 29.7 Å². The number of halogens is 2. The number of fused-ring (bicyclic) bond motifs is 3. The molecule has 3 heterocycles. The molecule has 13 nitrogen and oxygen atoms in total. The van der Waals surface area contributed by atoms with E-state index in [9.17, 15) is 9.90 Å². The number of ether oxygens (including phenoxy) is 2. The van der Waals surface area contributed by atoms with Gasteiger partial charge in [0, 0.05) is 19.5 Å². The number of imidazole rings is 1. The number of esters is 1. The van der Waals surface area contributed by atoms with Gasteiger partial charge >= 0.3 is 12.6 Å². The summed E-state index contributed by atoms with van der Waals surface area (Å²) in [5.74, 6) is -3.25. The van der Waals surface area contributed by atoms with Gasteiger partial charge in [-0.1, -0.05) is 36.4 Å². The summed E-state index contributed by atoms with van der Waals surface area (Å²) < 4.78 is 57.6.